The maximum atomic E-state index is 6.82. The van der Waals surface area contributed by atoms with Crippen LogP contribution in [0.4, 0.5) is 0 Å². The van der Waals surface area contributed by atoms with Crippen LogP contribution in [0.3, 0.4) is 0 Å². The number of ether oxygens (including phenoxy) is 2. The van der Waals surface area contributed by atoms with E-state index in [9.17, 15) is 0 Å². The minimum Gasteiger partial charge on any atom is -0.466 e. The fourth-order valence-electron chi connectivity index (χ4n) is 6.40. The van der Waals surface area contributed by atoms with Gasteiger partial charge in [-0.1, -0.05) is 67.6 Å². The molecular weight excluding hydrogens is 589 g/mol. The first-order valence-electron chi connectivity index (χ1n) is 14.6. The highest BCUT2D eigenvalue weighted by Crippen LogP contribution is 2.50. The number of fused-ring (bicyclic) bond motifs is 1. The van der Waals surface area contributed by atoms with Crippen molar-refractivity contribution >= 4 is 37.2 Å². The maximum Gasteiger partial charge on any atom is 0.108 e. The topological polar surface area (TPSA) is 51.0 Å². The third-order valence-corrected chi connectivity index (χ3v) is 8.82. The third kappa shape index (κ3) is 8.13. The smallest absolute Gasteiger partial charge is 0.108 e. The van der Waals surface area contributed by atoms with Crippen LogP contribution in [0.5, 0.6) is 0 Å². The molecule has 1 atom stereocenters. The molecule has 0 amide bonds. The van der Waals surface area contributed by atoms with Gasteiger partial charge in [0.1, 0.15) is 17.6 Å². The number of nitrogens with two attached hydrogens (primary N) is 1. The average molecular weight is 637 g/mol. The molecule has 2 heterocycles. The quantitative estimate of drug-likeness (QED) is 0.271. The van der Waals surface area contributed by atoms with E-state index in [-0.39, 0.29) is 48.7 Å². The van der Waals surface area contributed by atoms with E-state index in [4.69, 9.17) is 15.2 Å². The molecule has 8 heteroatoms. The molecule has 42 heavy (non-hydrogen) atoms. The lowest BCUT2D eigenvalue weighted by atomic mass is 9.85. The van der Waals surface area contributed by atoms with Crippen molar-refractivity contribution in [3.05, 3.63) is 106 Å². The summed E-state index contributed by atoms with van der Waals surface area (Å²) < 4.78 is 12.4. The highest BCUT2D eigenvalue weighted by Gasteiger charge is 2.43. The molecule has 2 aliphatic heterocycles. The third-order valence-electron chi connectivity index (χ3n) is 8.82. The highest BCUT2D eigenvalue weighted by molar-refractivity contribution is 5.86. The van der Waals surface area contributed by atoms with E-state index in [0.29, 0.717) is 0 Å². The molecule has 1 unspecified atom stereocenters. The van der Waals surface area contributed by atoms with E-state index in [1.807, 2.05) is 6.92 Å². The van der Waals surface area contributed by atoms with Gasteiger partial charge in [0.05, 0.1) is 0 Å². The molecule has 1 saturated heterocycles. The molecule has 1 aliphatic carbocycles. The van der Waals surface area contributed by atoms with Crippen LogP contribution in [-0.2, 0) is 9.47 Å². The average Bonchev–Trinajstić information content (AvgIpc) is 3.22. The van der Waals surface area contributed by atoms with Gasteiger partial charge in [-0.15, -0.1) is 37.2 Å². The van der Waals surface area contributed by atoms with Gasteiger partial charge in [-0.3, -0.25) is 4.90 Å². The molecule has 3 aliphatic rings. The molecule has 0 aromatic heterocycles. The van der Waals surface area contributed by atoms with Crippen LogP contribution in [0.15, 0.2) is 94.6 Å². The van der Waals surface area contributed by atoms with Gasteiger partial charge in [0.25, 0.3) is 0 Å². The lowest BCUT2D eigenvalue weighted by Gasteiger charge is -2.39. The van der Waals surface area contributed by atoms with Crippen molar-refractivity contribution in [2.75, 3.05) is 45.9 Å². The van der Waals surface area contributed by atoms with Crippen LogP contribution >= 0.6 is 37.2 Å². The minimum absolute atomic E-state index is 0. The first kappa shape index (κ1) is 36.2. The van der Waals surface area contributed by atoms with Crippen LogP contribution in [0.25, 0.3) is 0 Å². The Morgan fingerprint density at radius 2 is 1.36 bits per heavy atom. The Labute approximate surface area is 271 Å². The van der Waals surface area contributed by atoms with E-state index in [2.05, 4.69) is 91.2 Å². The summed E-state index contributed by atoms with van der Waals surface area (Å²) in [4.78, 5) is 5.22. The van der Waals surface area contributed by atoms with E-state index in [1.54, 1.807) is 0 Å². The zero-order valence-electron chi connectivity index (χ0n) is 25.4. The van der Waals surface area contributed by atoms with E-state index >= 15 is 0 Å². The number of nitrogens with zero attached hydrogens (tertiary/aromatic N) is 2. The summed E-state index contributed by atoms with van der Waals surface area (Å²) in [6, 6.07) is 21.1. The Morgan fingerprint density at radius 3 is 1.93 bits per heavy atom. The number of hydrogen-bond donors (Lipinski definition) is 1. The van der Waals surface area contributed by atoms with Crippen LogP contribution in [0.2, 0.25) is 0 Å². The summed E-state index contributed by atoms with van der Waals surface area (Å²) in [5, 5.41) is 0. The molecule has 5 nitrogen and oxygen atoms in total. The number of hydrogen-bond acceptors (Lipinski definition) is 5. The summed E-state index contributed by atoms with van der Waals surface area (Å²) in [6.45, 7) is 15.9. The SMILES string of the molecule is CC1=C(C)C2=C(N)C(C)(CN3CCN(CCCCOC(c4ccccc4)c4ccccc4)CC3)CC2=C(C)O1.Cl.Cl.Cl. The van der Waals surface area contributed by atoms with Gasteiger partial charge in [0.2, 0.25) is 0 Å². The lowest BCUT2D eigenvalue weighted by Crippen LogP contribution is -2.50. The molecule has 2 aromatic rings. The van der Waals surface area contributed by atoms with Gasteiger partial charge in [0.15, 0.2) is 0 Å². The molecule has 5 rings (SSSR count). The minimum atomic E-state index is -0.0330. The maximum absolute atomic E-state index is 6.82. The predicted octanol–water partition coefficient (Wildman–Crippen LogP) is 7.68. The Kier molecular flexibility index (Phi) is 14.0. The first-order valence-corrected chi connectivity index (χ1v) is 14.6. The number of piperazine rings is 1. The number of allylic oxidation sites excluding steroid dienone is 5. The number of halogens is 3. The Balaban J connectivity index is 0.00000205. The molecular formula is C34H48Cl3N3O2. The predicted molar refractivity (Wildman–Crippen MR) is 181 cm³/mol. The van der Waals surface area contributed by atoms with Crippen molar-refractivity contribution in [1.82, 2.24) is 9.80 Å². The second kappa shape index (κ2) is 16.2. The standard InChI is InChI=1S/C34H45N3O2.3ClH/c1-25-26(2)39-27(3)30-23-34(4,33(35)31(25)30)24-37-20-18-36(19-21-37)17-11-12-22-38-32(28-13-7-5-8-14-28)29-15-9-6-10-16-29;;;/h5-10,13-16,32H,11-12,17-24,35H2,1-4H3;3*1H. The van der Waals surface area contributed by atoms with Crippen LogP contribution in [-0.4, -0.2) is 55.7 Å². The summed E-state index contributed by atoms with van der Waals surface area (Å²) in [5.41, 5.74) is 14.0. The summed E-state index contributed by atoms with van der Waals surface area (Å²) >= 11 is 0. The molecule has 2 aromatic carbocycles. The fourth-order valence-corrected chi connectivity index (χ4v) is 6.40. The Bertz CT molecular complexity index is 1200. The molecule has 1 fully saturated rings. The summed E-state index contributed by atoms with van der Waals surface area (Å²) in [7, 11) is 0. The zero-order valence-corrected chi connectivity index (χ0v) is 27.9. The van der Waals surface area contributed by atoms with Crippen molar-refractivity contribution < 1.29 is 9.47 Å². The number of rotatable bonds is 10. The number of unbranched alkanes of at least 4 members (excludes halogenated alkanes) is 1. The molecule has 0 radical (unpaired) electrons. The molecule has 0 bridgehead atoms. The normalized spacial score (nSPS) is 21.0. The van der Waals surface area contributed by atoms with Crippen molar-refractivity contribution in [2.24, 2.45) is 11.1 Å². The van der Waals surface area contributed by atoms with Crippen molar-refractivity contribution in [3.8, 4) is 0 Å². The largest absolute Gasteiger partial charge is 0.466 e. The molecule has 0 saturated carbocycles. The molecule has 232 valence electrons. The van der Waals surface area contributed by atoms with Gasteiger partial charge in [-0.05, 0) is 63.3 Å². The van der Waals surface area contributed by atoms with Crippen LogP contribution < -0.4 is 5.73 Å². The van der Waals surface area contributed by atoms with Crippen LogP contribution in [0.1, 0.15) is 64.2 Å². The second-order valence-electron chi connectivity index (χ2n) is 11.7. The van der Waals surface area contributed by atoms with E-state index in [1.165, 1.54) is 27.8 Å². The van der Waals surface area contributed by atoms with Gasteiger partial charge < -0.3 is 20.1 Å². The monoisotopic (exact) mass is 635 g/mol. The summed E-state index contributed by atoms with van der Waals surface area (Å²) in [5.74, 6) is 2.00. The van der Waals surface area contributed by atoms with Gasteiger partial charge in [-0.2, -0.15) is 0 Å². The lowest BCUT2D eigenvalue weighted by molar-refractivity contribution is 0.0707. The second-order valence-corrected chi connectivity index (χ2v) is 11.7. The Morgan fingerprint density at radius 1 is 0.810 bits per heavy atom. The van der Waals surface area contributed by atoms with Crippen molar-refractivity contribution in [1.29, 1.82) is 0 Å². The first-order chi connectivity index (χ1) is 18.9. The van der Waals surface area contributed by atoms with Gasteiger partial charge in [0, 0.05) is 61.6 Å². The van der Waals surface area contributed by atoms with Crippen molar-refractivity contribution in [3.63, 3.8) is 0 Å². The fraction of sp³-hybridized carbons (Fsp3) is 0.471. The van der Waals surface area contributed by atoms with Crippen LogP contribution in [0, 0.1) is 5.41 Å². The number of benzene rings is 2. The van der Waals surface area contributed by atoms with Gasteiger partial charge >= 0.3 is 0 Å². The van der Waals surface area contributed by atoms with Crippen molar-refractivity contribution in [2.45, 2.75) is 53.1 Å². The Hall–Kier alpha value is -1.99. The molecule has 2 N–H and O–H groups in total. The molecule has 0 spiro atoms. The van der Waals surface area contributed by atoms with Gasteiger partial charge in [-0.25, -0.2) is 0 Å². The van der Waals surface area contributed by atoms with E-state index in [0.717, 1.165) is 82.4 Å². The zero-order chi connectivity index (χ0) is 27.4. The highest BCUT2D eigenvalue weighted by atomic mass is 35.5. The van der Waals surface area contributed by atoms with E-state index < -0.39 is 0 Å². The summed E-state index contributed by atoms with van der Waals surface area (Å²) in [6.07, 6.45) is 3.19.